The van der Waals surface area contributed by atoms with E-state index in [9.17, 15) is 0 Å². The van der Waals surface area contributed by atoms with Crippen LogP contribution in [0.3, 0.4) is 0 Å². The molecule has 0 saturated carbocycles. The van der Waals surface area contributed by atoms with Crippen molar-refractivity contribution < 1.29 is 0 Å². The Morgan fingerprint density at radius 1 is 1.13 bits per heavy atom. The molecule has 1 atom stereocenters. The molecule has 0 amide bonds. The van der Waals surface area contributed by atoms with E-state index in [-0.39, 0.29) is 0 Å². The van der Waals surface area contributed by atoms with Crippen LogP contribution in [0.25, 0.3) is 11.0 Å². The molecule has 1 unspecified atom stereocenters. The second-order valence-electron chi connectivity index (χ2n) is 6.78. The van der Waals surface area contributed by atoms with Crippen LogP contribution >= 0.6 is 0 Å². The number of aromatic amines is 1. The van der Waals surface area contributed by atoms with Crippen molar-refractivity contribution in [3.8, 4) is 0 Å². The average molecular weight is 305 g/mol. The summed E-state index contributed by atoms with van der Waals surface area (Å²) in [6.45, 7) is 5.62. The summed E-state index contributed by atoms with van der Waals surface area (Å²) in [4.78, 5) is 10.1. The molecular weight excluding hydrogens is 282 g/mol. The van der Waals surface area contributed by atoms with Gasteiger partial charge in [-0.05, 0) is 54.2 Å². The first-order valence-corrected chi connectivity index (χ1v) is 8.52. The van der Waals surface area contributed by atoms with Crippen molar-refractivity contribution in [1.82, 2.24) is 9.97 Å². The van der Waals surface area contributed by atoms with Gasteiger partial charge in [0.2, 0.25) is 0 Å². The molecule has 0 spiro atoms. The number of hydrogen-bond acceptors (Lipinski definition) is 2. The summed E-state index contributed by atoms with van der Waals surface area (Å²) in [6, 6.07) is 16.2. The van der Waals surface area contributed by atoms with Crippen LogP contribution in [-0.4, -0.2) is 16.5 Å². The molecule has 1 aliphatic rings. The van der Waals surface area contributed by atoms with Crippen LogP contribution in [0, 0.1) is 0 Å². The molecule has 2 aromatic carbocycles. The van der Waals surface area contributed by atoms with E-state index in [1.54, 1.807) is 6.33 Å². The number of aromatic nitrogens is 2. The first-order valence-electron chi connectivity index (χ1n) is 8.52. The van der Waals surface area contributed by atoms with Gasteiger partial charge in [0.1, 0.15) is 0 Å². The Balaban J connectivity index is 1.65. The van der Waals surface area contributed by atoms with Gasteiger partial charge in [-0.15, -0.1) is 0 Å². The van der Waals surface area contributed by atoms with Crippen molar-refractivity contribution in [1.29, 1.82) is 0 Å². The lowest BCUT2D eigenvalue weighted by Gasteiger charge is -2.27. The largest absolute Gasteiger partial charge is 0.364 e. The van der Waals surface area contributed by atoms with E-state index in [0.717, 1.165) is 17.6 Å². The summed E-state index contributed by atoms with van der Waals surface area (Å²) in [5.74, 6) is 0.584. The molecule has 2 heterocycles. The van der Waals surface area contributed by atoms with Gasteiger partial charge < -0.3 is 9.88 Å². The molecule has 118 valence electrons. The van der Waals surface area contributed by atoms with E-state index in [1.165, 1.54) is 29.7 Å². The fourth-order valence-corrected chi connectivity index (χ4v) is 3.63. The topological polar surface area (TPSA) is 31.9 Å². The van der Waals surface area contributed by atoms with Crippen LogP contribution in [0.5, 0.6) is 0 Å². The second kappa shape index (κ2) is 5.73. The summed E-state index contributed by atoms with van der Waals surface area (Å²) in [5.41, 5.74) is 6.29. The Labute approximate surface area is 137 Å². The highest BCUT2D eigenvalue weighted by Crippen LogP contribution is 2.37. The maximum Gasteiger partial charge on any atom is 0.0931 e. The van der Waals surface area contributed by atoms with Gasteiger partial charge in [-0.3, -0.25) is 0 Å². The van der Waals surface area contributed by atoms with Gasteiger partial charge in [-0.1, -0.05) is 32.0 Å². The molecule has 1 N–H and O–H groups in total. The number of nitrogens with one attached hydrogen (secondary N) is 1. The predicted octanol–water partition coefficient (Wildman–Crippen LogP) is 5.03. The molecule has 4 rings (SSSR count). The van der Waals surface area contributed by atoms with Gasteiger partial charge in [0.05, 0.1) is 23.4 Å². The minimum absolute atomic E-state index is 0.465. The number of imidazole rings is 1. The number of H-pyrrole nitrogens is 1. The molecule has 3 aromatic rings. The Morgan fingerprint density at radius 2 is 1.96 bits per heavy atom. The molecule has 23 heavy (non-hydrogen) atoms. The maximum absolute atomic E-state index is 4.32. The van der Waals surface area contributed by atoms with E-state index in [1.807, 2.05) is 0 Å². The lowest BCUT2D eigenvalue weighted by Crippen LogP contribution is -2.22. The Hall–Kier alpha value is -2.29. The summed E-state index contributed by atoms with van der Waals surface area (Å²) in [6.07, 6.45) is 4.23. The standard InChI is InChI=1S/C20H23N3/c1-14(2)15-5-8-17(9-6-15)23-11-3-4-20(23)16-7-10-18-19(12-16)22-13-21-18/h5-10,12-14,20H,3-4,11H2,1-2H3,(H,21,22). The van der Waals surface area contributed by atoms with Crippen molar-refractivity contribution in [2.45, 2.75) is 38.6 Å². The van der Waals surface area contributed by atoms with Gasteiger partial charge in [0.25, 0.3) is 0 Å². The van der Waals surface area contributed by atoms with Crippen LogP contribution < -0.4 is 4.90 Å². The lowest BCUT2D eigenvalue weighted by molar-refractivity contribution is 0.720. The first-order chi connectivity index (χ1) is 11.2. The summed E-state index contributed by atoms with van der Waals surface area (Å²) >= 11 is 0. The van der Waals surface area contributed by atoms with Crippen LogP contribution in [0.1, 0.15) is 49.8 Å². The SMILES string of the molecule is CC(C)c1ccc(N2CCCC2c2ccc3nc[nH]c3c2)cc1. The van der Waals surface area contributed by atoms with Crippen molar-refractivity contribution in [2.24, 2.45) is 0 Å². The van der Waals surface area contributed by atoms with E-state index < -0.39 is 0 Å². The molecular formula is C20H23N3. The number of rotatable bonds is 3. The third-order valence-electron chi connectivity index (χ3n) is 4.97. The van der Waals surface area contributed by atoms with Gasteiger partial charge in [-0.25, -0.2) is 4.98 Å². The van der Waals surface area contributed by atoms with Crippen molar-refractivity contribution in [2.75, 3.05) is 11.4 Å². The van der Waals surface area contributed by atoms with Crippen molar-refractivity contribution in [3.05, 3.63) is 59.9 Å². The highest BCUT2D eigenvalue weighted by atomic mass is 15.2. The fraction of sp³-hybridized carbons (Fsp3) is 0.350. The molecule has 0 bridgehead atoms. The monoisotopic (exact) mass is 305 g/mol. The zero-order chi connectivity index (χ0) is 15.8. The molecule has 1 fully saturated rings. The number of benzene rings is 2. The summed E-state index contributed by atoms with van der Waals surface area (Å²) < 4.78 is 0. The van der Waals surface area contributed by atoms with E-state index in [2.05, 4.69) is 71.2 Å². The lowest BCUT2D eigenvalue weighted by atomic mass is 10.0. The smallest absolute Gasteiger partial charge is 0.0931 e. The van der Waals surface area contributed by atoms with Crippen LogP contribution in [0.4, 0.5) is 5.69 Å². The predicted molar refractivity (Wildman–Crippen MR) is 95.9 cm³/mol. The molecule has 1 aliphatic heterocycles. The first kappa shape index (κ1) is 14.3. The number of fused-ring (bicyclic) bond motifs is 1. The van der Waals surface area contributed by atoms with Crippen LogP contribution in [0.15, 0.2) is 48.8 Å². The van der Waals surface area contributed by atoms with Crippen LogP contribution in [0.2, 0.25) is 0 Å². The van der Waals surface area contributed by atoms with Crippen LogP contribution in [-0.2, 0) is 0 Å². The zero-order valence-electron chi connectivity index (χ0n) is 13.8. The minimum Gasteiger partial charge on any atom is -0.364 e. The summed E-state index contributed by atoms with van der Waals surface area (Å²) in [5, 5.41) is 0. The van der Waals surface area contributed by atoms with E-state index in [0.29, 0.717) is 12.0 Å². The Bertz CT molecular complexity index is 801. The zero-order valence-corrected chi connectivity index (χ0v) is 13.8. The molecule has 3 nitrogen and oxygen atoms in total. The average Bonchev–Trinajstić information content (AvgIpc) is 3.23. The quantitative estimate of drug-likeness (QED) is 0.736. The Kier molecular flexibility index (Phi) is 3.56. The molecule has 0 aliphatic carbocycles. The highest BCUT2D eigenvalue weighted by molar-refractivity contribution is 5.75. The third kappa shape index (κ3) is 2.61. The number of anilines is 1. The van der Waals surface area contributed by atoms with Crippen molar-refractivity contribution >= 4 is 16.7 Å². The molecule has 1 saturated heterocycles. The van der Waals surface area contributed by atoms with Gasteiger partial charge in [-0.2, -0.15) is 0 Å². The maximum atomic E-state index is 4.32. The minimum atomic E-state index is 0.465. The van der Waals surface area contributed by atoms with Gasteiger partial charge in [0.15, 0.2) is 0 Å². The van der Waals surface area contributed by atoms with Gasteiger partial charge >= 0.3 is 0 Å². The van der Waals surface area contributed by atoms with Gasteiger partial charge in [0, 0.05) is 12.2 Å². The molecule has 0 radical (unpaired) electrons. The fourth-order valence-electron chi connectivity index (χ4n) is 3.63. The van der Waals surface area contributed by atoms with E-state index in [4.69, 9.17) is 0 Å². The normalized spacial score (nSPS) is 18.2. The molecule has 1 aromatic heterocycles. The molecule has 3 heteroatoms. The third-order valence-corrected chi connectivity index (χ3v) is 4.97. The van der Waals surface area contributed by atoms with E-state index >= 15 is 0 Å². The van der Waals surface area contributed by atoms with Crippen molar-refractivity contribution in [3.63, 3.8) is 0 Å². The Morgan fingerprint density at radius 3 is 2.74 bits per heavy atom. The number of nitrogens with zero attached hydrogens (tertiary/aromatic N) is 2. The number of hydrogen-bond donors (Lipinski definition) is 1. The summed E-state index contributed by atoms with van der Waals surface area (Å²) in [7, 11) is 0. The second-order valence-corrected chi connectivity index (χ2v) is 6.78. The highest BCUT2D eigenvalue weighted by Gasteiger charge is 2.26.